The first-order valence-electron chi connectivity index (χ1n) is 10.2. The number of carbonyl (C=O) groups is 1. The van der Waals surface area contributed by atoms with Gasteiger partial charge in [-0.2, -0.15) is 0 Å². The van der Waals surface area contributed by atoms with Crippen molar-refractivity contribution in [2.45, 2.75) is 32.9 Å². The smallest absolute Gasteiger partial charge is 0.274 e. The van der Waals surface area contributed by atoms with E-state index in [1.54, 1.807) is 4.90 Å². The molecule has 0 N–H and O–H groups in total. The summed E-state index contributed by atoms with van der Waals surface area (Å²) in [6, 6.07) is 11.7. The Morgan fingerprint density at radius 3 is 2.77 bits per heavy atom. The molecule has 1 amide bonds. The maximum absolute atomic E-state index is 13.1. The molecule has 0 aliphatic heterocycles. The highest BCUT2D eigenvalue weighted by molar-refractivity contribution is 5.94. The van der Waals surface area contributed by atoms with Gasteiger partial charge >= 0.3 is 0 Å². The average molecular weight is 406 g/mol. The van der Waals surface area contributed by atoms with Crippen molar-refractivity contribution in [2.75, 3.05) is 20.6 Å². The summed E-state index contributed by atoms with van der Waals surface area (Å²) >= 11 is 0. The molecular weight excluding hydrogens is 380 g/mol. The van der Waals surface area contributed by atoms with Gasteiger partial charge in [-0.1, -0.05) is 25.5 Å². The van der Waals surface area contributed by atoms with E-state index in [9.17, 15) is 4.79 Å². The Labute approximate surface area is 175 Å². The topological polar surface area (TPSA) is 79.8 Å². The number of amides is 1. The van der Waals surface area contributed by atoms with Gasteiger partial charge < -0.3 is 9.30 Å². The number of pyridine rings is 1. The zero-order valence-corrected chi connectivity index (χ0v) is 17.6. The Balaban J connectivity index is 1.59. The van der Waals surface area contributed by atoms with E-state index in [-0.39, 0.29) is 5.91 Å². The molecule has 0 saturated heterocycles. The van der Waals surface area contributed by atoms with Gasteiger partial charge in [0.25, 0.3) is 5.91 Å². The minimum absolute atomic E-state index is 0.0364. The second kappa shape index (κ2) is 8.62. The standard InChI is InChI=1S/C22H26N6O2/c1-4-5-11-27(3)22(29)21-19(28-12-7-6-8-20(28)23-21)15-26(2)14-16-9-10-17-18(13-16)25-30-24-17/h6-10,12-13H,4-5,11,14-15H2,1-3H3. The third-order valence-electron chi connectivity index (χ3n) is 5.22. The number of imidazole rings is 1. The van der Waals surface area contributed by atoms with Crippen molar-refractivity contribution in [3.8, 4) is 0 Å². The molecule has 0 fully saturated rings. The fourth-order valence-electron chi connectivity index (χ4n) is 3.60. The molecule has 0 aliphatic carbocycles. The molecule has 3 heterocycles. The SMILES string of the molecule is CCCCN(C)C(=O)c1nc2ccccn2c1CN(C)Cc1ccc2nonc2c1. The summed E-state index contributed by atoms with van der Waals surface area (Å²) in [4.78, 5) is 21.7. The fraction of sp³-hybridized carbons (Fsp3) is 0.364. The molecular formula is C22H26N6O2. The molecule has 30 heavy (non-hydrogen) atoms. The quantitative estimate of drug-likeness (QED) is 0.446. The summed E-state index contributed by atoms with van der Waals surface area (Å²) in [5.41, 5.74) is 4.77. The first kappa shape index (κ1) is 20.0. The number of aromatic nitrogens is 4. The van der Waals surface area contributed by atoms with Gasteiger partial charge in [0.2, 0.25) is 0 Å². The summed E-state index contributed by atoms with van der Waals surface area (Å²) in [5.74, 6) is -0.0364. The first-order chi connectivity index (χ1) is 14.6. The molecule has 8 nitrogen and oxygen atoms in total. The molecule has 0 atom stereocenters. The number of nitrogens with zero attached hydrogens (tertiary/aromatic N) is 6. The van der Waals surface area contributed by atoms with Crippen LogP contribution >= 0.6 is 0 Å². The lowest BCUT2D eigenvalue weighted by atomic mass is 10.2. The zero-order chi connectivity index (χ0) is 21.1. The highest BCUT2D eigenvalue weighted by atomic mass is 16.6. The van der Waals surface area contributed by atoms with Crippen LogP contribution in [0.2, 0.25) is 0 Å². The van der Waals surface area contributed by atoms with E-state index in [1.165, 1.54) is 0 Å². The maximum atomic E-state index is 13.1. The minimum atomic E-state index is -0.0364. The number of carbonyl (C=O) groups excluding carboxylic acids is 1. The van der Waals surface area contributed by atoms with Gasteiger partial charge in [0.15, 0.2) is 5.69 Å². The number of benzene rings is 1. The molecule has 0 spiro atoms. The number of rotatable bonds is 8. The van der Waals surface area contributed by atoms with Crippen LogP contribution in [0.15, 0.2) is 47.2 Å². The zero-order valence-electron chi connectivity index (χ0n) is 17.6. The normalized spacial score (nSPS) is 11.6. The third-order valence-corrected chi connectivity index (χ3v) is 5.22. The lowest BCUT2D eigenvalue weighted by molar-refractivity contribution is 0.0786. The van der Waals surface area contributed by atoms with E-state index in [0.717, 1.165) is 47.3 Å². The van der Waals surface area contributed by atoms with Gasteiger partial charge in [-0.05, 0) is 53.6 Å². The molecule has 0 unspecified atom stereocenters. The molecule has 0 radical (unpaired) electrons. The molecule has 0 bridgehead atoms. The number of hydrogen-bond donors (Lipinski definition) is 0. The molecule has 0 aliphatic rings. The van der Waals surface area contributed by atoms with Crippen LogP contribution < -0.4 is 0 Å². The predicted molar refractivity (Wildman–Crippen MR) is 114 cm³/mol. The summed E-state index contributed by atoms with van der Waals surface area (Å²) in [6.07, 6.45) is 3.98. The van der Waals surface area contributed by atoms with Crippen LogP contribution in [0.25, 0.3) is 16.7 Å². The van der Waals surface area contributed by atoms with Gasteiger partial charge in [0.1, 0.15) is 16.7 Å². The van der Waals surface area contributed by atoms with E-state index >= 15 is 0 Å². The number of unbranched alkanes of at least 4 members (excludes halogenated alkanes) is 1. The van der Waals surface area contributed by atoms with Crippen molar-refractivity contribution < 1.29 is 9.42 Å². The molecule has 1 aromatic carbocycles. The van der Waals surface area contributed by atoms with E-state index in [4.69, 9.17) is 4.63 Å². The highest BCUT2D eigenvalue weighted by Gasteiger charge is 2.22. The van der Waals surface area contributed by atoms with E-state index < -0.39 is 0 Å². The lowest BCUT2D eigenvalue weighted by Gasteiger charge is -2.19. The van der Waals surface area contributed by atoms with E-state index in [1.807, 2.05) is 61.1 Å². The second-order valence-electron chi connectivity index (χ2n) is 7.68. The summed E-state index contributed by atoms with van der Waals surface area (Å²) in [5, 5.41) is 7.76. The van der Waals surface area contributed by atoms with Gasteiger partial charge in [0, 0.05) is 32.9 Å². The van der Waals surface area contributed by atoms with Crippen LogP contribution in [-0.2, 0) is 13.1 Å². The average Bonchev–Trinajstić information content (AvgIpc) is 3.36. The van der Waals surface area contributed by atoms with Gasteiger partial charge in [-0.15, -0.1) is 0 Å². The third kappa shape index (κ3) is 4.04. The molecule has 4 aromatic rings. The van der Waals surface area contributed by atoms with Crippen LogP contribution in [-0.4, -0.2) is 56.0 Å². The Hall–Kier alpha value is -3.26. The lowest BCUT2D eigenvalue weighted by Crippen LogP contribution is -2.30. The van der Waals surface area contributed by atoms with Crippen molar-refractivity contribution in [3.05, 3.63) is 59.5 Å². The van der Waals surface area contributed by atoms with Crippen LogP contribution in [0.5, 0.6) is 0 Å². The minimum Gasteiger partial charge on any atom is -0.340 e. The molecule has 156 valence electrons. The molecule has 0 saturated carbocycles. The molecule has 3 aromatic heterocycles. The largest absolute Gasteiger partial charge is 0.340 e. The van der Waals surface area contributed by atoms with Crippen molar-refractivity contribution >= 4 is 22.6 Å². The van der Waals surface area contributed by atoms with Crippen molar-refractivity contribution in [3.63, 3.8) is 0 Å². The fourth-order valence-corrected chi connectivity index (χ4v) is 3.60. The Morgan fingerprint density at radius 1 is 1.10 bits per heavy atom. The van der Waals surface area contributed by atoms with Crippen LogP contribution in [0, 0.1) is 0 Å². The first-order valence-corrected chi connectivity index (χ1v) is 10.2. The van der Waals surface area contributed by atoms with Crippen molar-refractivity contribution in [2.24, 2.45) is 0 Å². The van der Waals surface area contributed by atoms with Crippen LogP contribution in [0.3, 0.4) is 0 Å². The van der Waals surface area contributed by atoms with Crippen LogP contribution in [0.4, 0.5) is 0 Å². The Morgan fingerprint density at radius 2 is 1.93 bits per heavy atom. The van der Waals surface area contributed by atoms with Gasteiger partial charge in [-0.3, -0.25) is 9.69 Å². The van der Waals surface area contributed by atoms with E-state index in [0.29, 0.717) is 18.8 Å². The highest BCUT2D eigenvalue weighted by Crippen LogP contribution is 2.19. The number of fused-ring (bicyclic) bond motifs is 2. The Kier molecular flexibility index (Phi) is 5.76. The van der Waals surface area contributed by atoms with Crippen molar-refractivity contribution in [1.82, 2.24) is 29.5 Å². The second-order valence-corrected chi connectivity index (χ2v) is 7.68. The van der Waals surface area contributed by atoms with Crippen LogP contribution in [0.1, 0.15) is 41.5 Å². The number of hydrogen-bond acceptors (Lipinski definition) is 6. The summed E-state index contributed by atoms with van der Waals surface area (Å²) in [6.45, 7) is 4.13. The predicted octanol–water partition coefficient (Wildman–Crippen LogP) is 3.37. The van der Waals surface area contributed by atoms with Gasteiger partial charge in [0.05, 0.1) is 5.69 Å². The molecule has 4 rings (SSSR count). The van der Waals surface area contributed by atoms with Gasteiger partial charge in [-0.25, -0.2) is 9.61 Å². The summed E-state index contributed by atoms with van der Waals surface area (Å²) in [7, 11) is 3.87. The monoisotopic (exact) mass is 406 g/mol. The Bertz CT molecular complexity index is 1160. The summed E-state index contributed by atoms with van der Waals surface area (Å²) < 4.78 is 6.79. The van der Waals surface area contributed by atoms with E-state index in [2.05, 4.69) is 27.1 Å². The van der Waals surface area contributed by atoms with Crippen molar-refractivity contribution in [1.29, 1.82) is 0 Å². The maximum Gasteiger partial charge on any atom is 0.274 e. The molecule has 8 heteroatoms.